The van der Waals surface area contributed by atoms with Crippen LogP contribution in [0, 0.1) is 0 Å². The van der Waals surface area contributed by atoms with Crippen molar-refractivity contribution in [3.05, 3.63) is 59.7 Å². The van der Waals surface area contributed by atoms with Crippen LogP contribution in [0.2, 0.25) is 0 Å². The van der Waals surface area contributed by atoms with Crippen LogP contribution in [-0.2, 0) is 13.1 Å². The summed E-state index contributed by atoms with van der Waals surface area (Å²) < 4.78 is 17.4. The van der Waals surface area contributed by atoms with Crippen molar-refractivity contribution in [2.45, 2.75) is 32.5 Å². The Morgan fingerprint density at radius 3 is 2.54 bits per heavy atom. The molecule has 146 valence electrons. The summed E-state index contributed by atoms with van der Waals surface area (Å²) >= 11 is 0. The average Bonchev–Trinajstić information content (AvgIpc) is 2.90. The van der Waals surface area contributed by atoms with E-state index in [1.54, 1.807) is 14.2 Å². The van der Waals surface area contributed by atoms with E-state index < -0.39 is 0 Å². The second kappa shape index (κ2) is 8.07. The Bertz CT molecular complexity index is 959. The van der Waals surface area contributed by atoms with Crippen LogP contribution in [0.5, 0.6) is 17.4 Å². The number of benzene rings is 2. The van der Waals surface area contributed by atoms with Gasteiger partial charge in [-0.25, -0.2) is 4.98 Å². The van der Waals surface area contributed by atoms with Crippen LogP contribution in [0.4, 0.5) is 0 Å². The van der Waals surface area contributed by atoms with Crippen molar-refractivity contribution in [3.63, 3.8) is 0 Å². The van der Waals surface area contributed by atoms with E-state index in [1.165, 1.54) is 5.56 Å². The quantitative estimate of drug-likeness (QED) is 0.657. The number of aromatic nitrogens is 1. The van der Waals surface area contributed by atoms with E-state index in [4.69, 9.17) is 19.2 Å². The molecule has 5 nitrogen and oxygen atoms in total. The normalized spacial score (nSPS) is 16.9. The molecule has 1 atom stereocenters. The lowest BCUT2D eigenvalue weighted by atomic mass is 10.1. The van der Waals surface area contributed by atoms with Crippen LogP contribution in [0.15, 0.2) is 48.5 Å². The summed E-state index contributed by atoms with van der Waals surface area (Å²) in [7, 11) is 3.34. The number of hydrogen-bond donors (Lipinski definition) is 0. The van der Waals surface area contributed by atoms with E-state index in [2.05, 4.69) is 48.2 Å². The molecule has 0 spiro atoms. The fourth-order valence-electron chi connectivity index (χ4n) is 3.75. The molecule has 0 saturated carbocycles. The molecule has 2 aromatic carbocycles. The maximum Gasteiger partial charge on any atom is 0.218 e. The Morgan fingerprint density at radius 1 is 1.07 bits per heavy atom. The van der Waals surface area contributed by atoms with Gasteiger partial charge in [-0.1, -0.05) is 37.3 Å². The van der Waals surface area contributed by atoms with Crippen molar-refractivity contribution in [1.29, 1.82) is 0 Å². The van der Waals surface area contributed by atoms with Crippen molar-refractivity contribution >= 4 is 10.9 Å². The van der Waals surface area contributed by atoms with Gasteiger partial charge in [0.05, 0.1) is 14.2 Å². The minimum Gasteiger partial charge on any atom is -0.496 e. The summed E-state index contributed by atoms with van der Waals surface area (Å²) in [5.74, 6) is 2.21. The third kappa shape index (κ3) is 3.62. The third-order valence-corrected chi connectivity index (χ3v) is 5.22. The van der Waals surface area contributed by atoms with E-state index in [0.29, 0.717) is 5.88 Å². The smallest absolute Gasteiger partial charge is 0.218 e. The van der Waals surface area contributed by atoms with E-state index in [0.717, 1.165) is 54.0 Å². The second-order valence-electron chi connectivity index (χ2n) is 7.12. The molecule has 0 amide bonds. The molecular formula is C23H26N2O3. The van der Waals surface area contributed by atoms with Crippen LogP contribution in [-0.4, -0.2) is 36.8 Å². The topological polar surface area (TPSA) is 43.8 Å². The Labute approximate surface area is 165 Å². The van der Waals surface area contributed by atoms with Gasteiger partial charge in [-0.2, -0.15) is 0 Å². The molecule has 0 aliphatic carbocycles. The first-order chi connectivity index (χ1) is 13.7. The summed E-state index contributed by atoms with van der Waals surface area (Å²) in [4.78, 5) is 7.27. The number of rotatable bonds is 5. The first-order valence-electron chi connectivity index (χ1n) is 9.69. The predicted molar refractivity (Wildman–Crippen MR) is 110 cm³/mol. The zero-order chi connectivity index (χ0) is 19.5. The Morgan fingerprint density at radius 2 is 1.82 bits per heavy atom. The minimum absolute atomic E-state index is 0.103. The molecular weight excluding hydrogens is 352 g/mol. The van der Waals surface area contributed by atoms with Crippen molar-refractivity contribution in [2.24, 2.45) is 0 Å². The summed E-state index contributed by atoms with van der Waals surface area (Å²) in [5, 5.41) is 0.943. The number of nitrogens with zero attached hydrogens (tertiary/aromatic N) is 2. The van der Waals surface area contributed by atoms with Crippen LogP contribution in [0.1, 0.15) is 24.5 Å². The van der Waals surface area contributed by atoms with E-state index in [9.17, 15) is 0 Å². The van der Waals surface area contributed by atoms with Gasteiger partial charge in [0.2, 0.25) is 5.88 Å². The van der Waals surface area contributed by atoms with Gasteiger partial charge in [-0.3, -0.25) is 4.90 Å². The molecule has 0 N–H and O–H groups in total. The van der Waals surface area contributed by atoms with E-state index >= 15 is 0 Å². The highest BCUT2D eigenvalue weighted by atomic mass is 16.5. The fraction of sp³-hybridized carbons (Fsp3) is 0.348. The first-order valence-corrected chi connectivity index (χ1v) is 9.69. The number of fused-ring (bicyclic) bond motifs is 2. The molecule has 3 aromatic rings. The van der Waals surface area contributed by atoms with Gasteiger partial charge >= 0.3 is 0 Å². The lowest BCUT2D eigenvalue weighted by molar-refractivity contribution is 0.136. The van der Waals surface area contributed by atoms with Gasteiger partial charge in [0.15, 0.2) is 0 Å². The van der Waals surface area contributed by atoms with Gasteiger partial charge < -0.3 is 14.2 Å². The fourth-order valence-corrected chi connectivity index (χ4v) is 3.75. The van der Waals surface area contributed by atoms with E-state index in [1.807, 2.05) is 12.1 Å². The largest absolute Gasteiger partial charge is 0.496 e. The zero-order valence-electron chi connectivity index (χ0n) is 16.6. The minimum atomic E-state index is 0.103. The maximum atomic E-state index is 6.31. The molecule has 4 rings (SSSR count). The lowest BCUT2D eigenvalue weighted by Gasteiger charge is -2.23. The molecule has 1 aliphatic heterocycles. The zero-order valence-corrected chi connectivity index (χ0v) is 16.6. The number of pyridine rings is 1. The van der Waals surface area contributed by atoms with Gasteiger partial charge in [-0.15, -0.1) is 0 Å². The Kier molecular flexibility index (Phi) is 5.35. The molecule has 0 unspecified atom stereocenters. The lowest BCUT2D eigenvalue weighted by Crippen LogP contribution is -2.32. The SMILES string of the molecule is CC[C@H]1CN(Cc2ccccc2)Cc2cc3c(OC)ccc(OC)c3nc2O1. The Balaban J connectivity index is 1.76. The standard InChI is InChI=1S/C23H26N2O3/c1-4-18-15-25(13-16-8-6-5-7-9-16)14-17-12-19-20(26-2)10-11-21(27-3)22(19)24-23(17)28-18/h5-12,18H,4,13-15H2,1-3H3/t18-/m0/s1. The van der Waals surface area contributed by atoms with Crippen LogP contribution >= 0.6 is 0 Å². The highest BCUT2D eigenvalue weighted by Gasteiger charge is 2.25. The highest BCUT2D eigenvalue weighted by Crippen LogP contribution is 2.36. The molecule has 0 radical (unpaired) electrons. The van der Waals surface area contributed by atoms with Gasteiger partial charge in [0.25, 0.3) is 0 Å². The Hall–Kier alpha value is -2.79. The van der Waals surface area contributed by atoms with Crippen molar-refractivity contribution < 1.29 is 14.2 Å². The molecule has 2 heterocycles. The molecule has 1 aromatic heterocycles. The van der Waals surface area contributed by atoms with Gasteiger partial charge in [-0.05, 0) is 30.2 Å². The molecule has 28 heavy (non-hydrogen) atoms. The number of methoxy groups -OCH3 is 2. The molecule has 1 aliphatic rings. The van der Waals surface area contributed by atoms with Gasteiger partial charge in [0.1, 0.15) is 23.1 Å². The van der Waals surface area contributed by atoms with Gasteiger partial charge in [0, 0.05) is 30.6 Å². The summed E-state index contributed by atoms with van der Waals surface area (Å²) in [6.45, 7) is 4.69. The van der Waals surface area contributed by atoms with Crippen molar-refractivity contribution in [3.8, 4) is 17.4 Å². The van der Waals surface area contributed by atoms with Crippen LogP contribution in [0.25, 0.3) is 10.9 Å². The summed E-state index contributed by atoms with van der Waals surface area (Å²) in [6.07, 6.45) is 1.03. The average molecular weight is 378 g/mol. The molecule has 0 bridgehead atoms. The van der Waals surface area contributed by atoms with E-state index in [-0.39, 0.29) is 6.10 Å². The molecule has 0 fully saturated rings. The third-order valence-electron chi connectivity index (χ3n) is 5.22. The predicted octanol–water partition coefficient (Wildman–Crippen LogP) is 4.43. The number of hydrogen-bond acceptors (Lipinski definition) is 5. The second-order valence-corrected chi connectivity index (χ2v) is 7.12. The van der Waals surface area contributed by atoms with Crippen molar-refractivity contribution in [1.82, 2.24) is 9.88 Å². The molecule has 0 saturated heterocycles. The summed E-state index contributed by atoms with van der Waals surface area (Å²) in [6, 6.07) is 16.5. The first kappa shape index (κ1) is 18.6. The monoisotopic (exact) mass is 378 g/mol. The van der Waals surface area contributed by atoms with Crippen molar-refractivity contribution in [2.75, 3.05) is 20.8 Å². The van der Waals surface area contributed by atoms with Crippen LogP contribution in [0.3, 0.4) is 0 Å². The maximum absolute atomic E-state index is 6.31. The highest BCUT2D eigenvalue weighted by molar-refractivity contribution is 5.91. The summed E-state index contributed by atoms with van der Waals surface area (Å²) in [5.41, 5.74) is 3.15. The number of ether oxygens (including phenoxy) is 3. The molecule has 5 heteroatoms. The van der Waals surface area contributed by atoms with Crippen LogP contribution < -0.4 is 14.2 Å².